The molecule has 0 saturated heterocycles. The van der Waals surface area contributed by atoms with E-state index < -0.39 is 0 Å². The summed E-state index contributed by atoms with van der Waals surface area (Å²) in [4.78, 5) is 12.4. The lowest BCUT2D eigenvalue weighted by Gasteiger charge is -2.08. The van der Waals surface area contributed by atoms with Gasteiger partial charge in [-0.05, 0) is 30.0 Å². The number of carbonyl (C=O) groups excluding carboxylic acids is 1. The largest absolute Gasteiger partial charge is 0.467 e. The molecule has 0 fully saturated rings. The maximum Gasteiger partial charge on any atom is 0.217 e. The number of primary amides is 1. The van der Waals surface area contributed by atoms with Gasteiger partial charge in [-0.15, -0.1) is 21.5 Å². The quantitative estimate of drug-likeness (QED) is 0.592. The van der Waals surface area contributed by atoms with Gasteiger partial charge in [-0.25, -0.2) is 0 Å². The van der Waals surface area contributed by atoms with E-state index in [0.717, 1.165) is 28.9 Å². The fraction of sp³-hybridized carbons (Fsp3) is 0.312. The average Bonchev–Trinajstić information content (AvgIpc) is 3.29. The first-order valence-corrected chi connectivity index (χ1v) is 9.47. The SMILES string of the molecule is NC(=O)CCc1nnc(SCCc2cccs2)n1Cc1ccco1. The van der Waals surface area contributed by atoms with Crippen molar-refractivity contribution in [2.75, 3.05) is 5.75 Å². The molecule has 0 aliphatic rings. The third-order valence-electron chi connectivity index (χ3n) is 3.44. The summed E-state index contributed by atoms with van der Waals surface area (Å²) in [6.45, 7) is 0.551. The second-order valence-electron chi connectivity index (χ2n) is 5.21. The predicted octanol–water partition coefficient (Wildman–Crippen LogP) is 2.73. The highest BCUT2D eigenvalue weighted by Gasteiger charge is 2.15. The lowest BCUT2D eigenvalue weighted by molar-refractivity contribution is -0.118. The van der Waals surface area contributed by atoms with Gasteiger partial charge in [-0.3, -0.25) is 9.36 Å². The molecule has 0 aromatic carbocycles. The molecule has 1 amide bonds. The zero-order valence-corrected chi connectivity index (χ0v) is 14.7. The Bertz CT molecular complexity index is 766. The molecule has 0 radical (unpaired) electrons. The smallest absolute Gasteiger partial charge is 0.217 e. The summed E-state index contributed by atoms with van der Waals surface area (Å²) in [5.74, 6) is 2.17. The van der Waals surface area contributed by atoms with Crippen LogP contribution in [0.2, 0.25) is 0 Å². The summed E-state index contributed by atoms with van der Waals surface area (Å²) in [7, 11) is 0. The number of amides is 1. The van der Waals surface area contributed by atoms with Crippen molar-refractivity contribution in [2.24, 2.45) is 5.73 Å². The molecule has 0 bridgehead atoms. The number of furan rings is 1. The number of nitrogens with two attached hydrogens (primary N) is 1. The first-order valence-electron chi connectivity index (χ1n) is 7.60. The van der Waals surface area contributed by atoms with Gasteiger partial charge in [0.15, 0.2) is 5.16 Å². The van der Waals surface area contributed by atoms with Crippen molar-refractivity contribution in [2.45, 2.75) is 31.0 Å². The van der Waals surface area contributed by atoms with Crippen molar-refractivity contribution < 1.29 is 9.21 Å². The Morgan fingerprint density at radius 3 is 2.92 bits per heavy atom. The average molecular weight is 362 g/mol. The molecule has 3 aromatic rings. The standard InChI is InChI=1S/C16H18N4O2S2/c17-14(21)5-6-15-18-19-16(20(15)11-12-3-1-8-22-12)24-10-7-13-4-2-9-23-13/h1-4,8-9H,5-7,10-11H2,(H2,17,21). The van der Waals surface area contributed by atoms with Crippen molar-refractivity contribution >= 4 is 29.0 Å². The van der Waals surface area contributed by atoms with Crippen LogP contribution in [0.15, 0.2) is 45.5 Å². The Morgan fingerprint density at radius 1 is 1.29 bits per heavy atom. The molecule has 24 heavy (non-hydrogen) atoms. The van der Waals surface area contributed by atoms with Gasteiger partial charge in [0.05, 0.1) is 12.8 Å². The summed E-state index contributed by atoms with van der Waals surface area (Å²) in [6.07, 6.45) is 3.38. The summed E-state index contributed by atoms with van der Waals surface area (Å²) in [5, 5.41) is 11.4. The zero-order chi connectivity index (χ0) is 16.8. The normalized spacial score (nSPS) is 11.0. The van der Waals surface area contributed by atoms with Crippen LogP contribution in [0.1, 0.15) is 22.9 Å². The van der Waals surface area contributed by atoms with E-state index in [4.69, 9.17) is 10.2 Å². The molecule has 126 valence electrons. The minimum atomic E-state index is -0.338. The highest BCUT2D eigenvalue weighted by molar-refractivity contribution is 7.99. The number of thioether (sulfide) groups is 1. The number of nitrogens with zero attached hydrogens (tertiary/aromatic N) is 3. The van der Waals surface area contributed by atoms with E-state index >= 15 is 0 Å². The van der Waals surface area contributed by atoms with Crippen molar-refractivity contribution in [1.82, 2.24) is 14.8 Å². The highest BCUT2D eigenvalue weighted by Crippen LogP contribution is 2.22. The van der Waals surface area contributed by atoms with E-state index in [-0.39, 0.29) is 12.3 Å². The number of hydrogen-bond donors (Lipinski definition) is 1. The Kier molecular flexibility index (Phi) is 5.71. The van der Waals surface area contributed by atoms with Crippen LogP contribution in [0, 0.1) is 0 Å². The van der Waals surface area contributed by atoms with Crippen molar-refractivity contribution in [1.29, 1.82) is 0 Å². The fourth-order valence-corrected chi connectivity index (χ4v) is 4.03. The van der Waals surface area contributed by atoms with Crippen LogP contribution in [0.5, 0.6) is 0 Å². The molecule has 0 saturated carbocycles. The van der Waals surface area contributed by atoms with E-state index in [9.17, 15) is 4.79 Å². The number of aryl methyl sites for hydroxylation is 2. The molecule has 0 atom stereocenters. The molecular formula is C16H18N4O2S2. The van der Waals surface area contributed by atoms with E-state index in [2.05, 4.69) is 27.7 Å². The molecule has 0 unspecified atom stereocenters. The van der Waals surface area contributed by atoms with Crippen molar-refractivity contribution in [3.63, 3.8) is 0 Å². The van der Waals surface area contributed by atoms with Crippen molar-refractivity contribution in [3.05, 3.63) is 52.4 Å². The van der Waals surface area contributed by atoms with Crippen molar-refractivity contribution in [3.8, 4) is 0 Å². The molecule has 3 aromatic heterocycles. The molecule has 3 heterocycles. The second kappa shape index (κ2) is 8.16. The van der Waals surface area contributed by atoms with Crippen LogP contribution in [-0.4, -0.2) is 26.4 Å². The third-order valence-corrected chi connectivity index (χ3v) is 5.35. The Labute approximate surface area is 148 Å². The number of hydrogen-bond acceptors (Lipinski definition) is 6. The summed E-state index contributed by atoms with van der Waals surface area (Å²) < 4.78 is 7.43. The number of thiophene rings is 1. The first kappa shape index (κ1) is 16.8. The lowest BCUT2D eigenvalue weighted by atomic mass is 10.3. The number of aromatic nitrogens is 3. The molecule has 0 aliphatic carbocycles. The van der Waals surface area contributed by atoms with Gasteiger partial charge < -0.3 is 10.2 Å². The van der Waals surface area contributed by atoms with Crippen LogP contribution < -0.4 is 5.73 Å². The maximum atomic E-state index is 11.1. The van der Waals surface area contributed by atoms with Gasteiger partial charge >= 0.3 is 0 Å². The third kappa shape index (κ3) is 4.48. The van der Waals surface area contributed by atoms with E-state index in [1.165, 1.54) is 4.88 Å². The van der Waals surface area contributed by atoms with Gasteiger partial charge in [0, 0.05) is 23.5 Å². The van der Waals surface area contributed by atoms with E-state index in [0.29, 0.717) is 13.0 Å². The Balaban J connectivity index is 1.70. The Morgan fingerprint density at radius 2 is 2.21 bits per heavy atom. The molecule has 2 N–H and O–H groups in total. The minimum absolute atomic E-state index is 0.260. The molecule has 0 aliphatic heterocycles. The number of rotatable bonds is 9. The van der Waals surface area contributed by atoms with Crippen LogP contribution in [-0.2, 0) is 24.2 Å². The van der Waals surface area contributed by atoms with E-state index in [1.54, 1.807) is 29.4 Å². The van der Waals surface area contributed by atoms with Crippen LogP contribution in [0.4, 0.5) is 0 Å². The molecule has 0 spiro atoms. The zero-order valence-electron chi connectivity index (χ0n) is 13.1. The van der Waals surface area contributed by atoms with Gasteiger partial charge in [-0.2, -0.15) is 0 Å². The second-order valence-corrected chi connectivity index (χ2v) is 7.30. The molecule has 8 heteroatoms. The van der Waals surface area contributed by atoms with Gasteiger partial charge in [0.25, 0.3) is 0 Å². The first-order chi connectivity index (χ1) is 11.7. The summed E-state index contributed by atoms with van der Waals surface area (Å²) >= 11 is 3.42. The summed E-state index contributed by atoms with van der Waals surface area (Å²) in [5.41, 5.74) is 5.25. The summed E-state index contributed by atoms with van der Waals surface area (Å²) in [6, 6.07) is 7.97. The molecule has 3 rings (SSSR count). The number of carbonyl (C=O) groups is 1. The monoisotopic (exact) mass is 362 g/mol. The molecular weight excluding hydrogens is 344 g/mol. The minimum Gasteiger partial charge on any atom is -0.467 e. The maximum absolute atomic E-state index is 11.1. The van der Waals surface area contributed by atoms with Crippen LogP contribution >= 0.6 is 23.1 Å². The van der Waals surface area contributed by atoms with Gasteiger partial charge in [0.1, 0.15) is 11.6 Å². The highest BCUT2D eigenvalue weighted by atomic mass is 32.2. The topological polar surface area (TPSA) is 86.9 Å². The van der Waals surface area contributed by atoms with Crippen LogP contribution in [0.3, 0.4) is 0 Å². The van der Waals surface area contributed by atoms with Gasteiger partial charge in [0.2, 0.25) is 5.91 Å². The van der Waals surface area contributed by atoms with Crippen LogP contribution in [0.25, 0.3) is 0 Å². The Hall–Kier alpha value is -2.06. The molecule has 6 nitrogen and oxygen atoms in total. The predicted molar refractivity (Wildman–Crippen MR) is 94.1 cm³/mol. The fourth-order valence-electron chi connectivity index (χ4n) is 2.26. The lowest BCUT2D eigenvalue weighted by Crippen LogP contribution is -2.14. The van der Waals surface area contributed by atoms with E-state index in [1.807, 2.05) is 16.7 Å². The van der Waals surface area contributed by atoms with Gasteiger partial charge in [-0.1, -0.05) is 17.8 Å².